The number of nitrogens with zero attached hydrogens (tertiary/aromatic N) is 6. The Labute approximate surface area is 198 Å². The van der Waals surface area contributed by atoms with E-state index in [1.807, 2.05) is 32.6 Å². The first-order valence-corrected chi connectivity index (χ1v) is 11.8. The Bertz CT molecular complexity index is 934. The van der Waals surface area contributed by atoms with Gasteiger partial charge >= 0.3 is 0 Å². The Hall–Kier alpha value is -2.93. The Morgan fingerprint density at radius 1 is 0.939 bits per heavy atom. The molecule has 178 valence electrons. The molecule has 2 aliphatic heterocycles. The zero-order valence-corrected chi connectivity index (χ0v) is 20.7. The predicted octanol–water partition coefficient (Wildman–Crippen LogP) is 3.38. The van der Waals surface area contributed by atoms with E-state index in [-0.39, 0.29) is 5.91 Å². The highest BCUT2D eigenvalue weighted by molar-refractivity contribution is 5.96. The van der Waals surface area contributed by atoms with E-state index in [1.165, 1.54) is 5.56 Å². The number of aliphatic imine (C=N–C) groups is 2. The van der Waals surface area contributed by atoms with Gasteiger partial charge in [0.25, 0.3) is 5.91 Å². The fraction of sp³-hybridized carbons (Fsp3) is 0.500. The summed E-state index contributed by atoms with van der Waals surface area (Å²) in [5.74, 6) is 2.12. The molecular weight excluding hydrogens is 412 g/mol. The molecule has 0 unspecified atom stereocenters. The molecule has 0 atom stereocenters. The highest BCUT2D eigenvalue weighted by Gasteiger charge is 2.24. The molecule has 0 bridgehead atoms. The van der Waals surface area contributed by atoms with Crippen molar-refractivity contribution < 1.29 is 4.79 Å². The van der Waals surface area contributed by atoms with E-state index in [0.717, 1.165) is 74.3 Å². The van der Waals surface area contributed by atoms with Crippen LogP contribution in [0, 0.1) is 6.92 Å². The standard InChI is InChI=1S/C26H38N6O/c1-7-27-22(5)30-12-10-29(11-13-30)19-24-9-8-21(4)25(18-24)26(33)32-16-14-31(15-17-32)23(6)28-20(2)3/h7-9,18H,1-2,10-17,19H2,3-6H3. The number of aryl methyl sites for hydroxylation is 1. The van der Waals surface area contributed by atoms with Gasteiger partial charge in [0.05, 0.1) is 0 Å². The molecule has 2 aliphatic rings. The summed E-state index contributed by atoms with van der Waals surface area (Å²) in [7, 11) is 0. The summed E-state index contributed by atoms with van der Waals surface area (Å²) >= 11 is 0. The second-order valence-electron chi connectivity index (χ2n) is 8.94. The maximum atomic E-state index is 13.3. The third-order valence-corrected chi connectivity index (χ3v) is 6.42. The van der Waals surface area contributed by atoms with Gasteiger partial charge in [0.2, 0.25) is 0 Å². The summed E-state index contributed by atoms with van der Waals surface area (Å²) < 4.78 is 0. The average molecular weight is 451 g/mol. The molecule has 0 N–H and O–H groups in total. The highest BCUT2D eigenvalue weighted by atomic mass is 16.2. The van der Waals surface area contributed by atoms with Gasteiger partial charge in [-0.1, -0.05) is 25.3 Å². The fourth-order valence-corrected chi connectivity index (χ4v) is 4.45. The summed E-state index contributed by atoms with van der Waals surface area (Å²) in [4.78, 5) is 31.0. The van der Waals surface area contributed by atoms with Crippen LogP contribution < -0.4 is 0 Å². The number of amidine groups is 2. The van der Waals surface area contributed by atoms with Crippen molar-refractivity contribution in [3.63, 3.8) is 0 Å². The molecule has 0 saturated carbocycles. The largest absolute Gasteiger partial charge is 0.358 e. The number of piperazine rings is 2. The zero-order valence-electron chi connectivity index (χ0n) is 20.7. The van der Waals surface area contributed by atoms with Crippen LogP contribution in [-0.4, -0.2) is 89.5 Å². The number of carbonyl (C=O) groups excluding carboxylic acids is 1. The van der Waals surface area contributed by atoms with Crippen LogP contribution in [0.15, 0.2) is 53.2 Å². The summed E-state index contributed by atoms with van der Waals surface area (Å²) in [6.07, 6.45) is 1.60. The quantitative estimate of drug-likeness (QED) is 0.510. The zero-order chi connectivity index (χ0) is 24.0. The van der Waals surface area contributed by atoms with E-state index >= 15 is 0 Å². The molecule has 2 saturated heterocycles. The minimum absolute atomic E-state index is 0.129. The number of benzene rings is 1. The van der Waals surface area contributed by atoms with Crippen molar-refractivity contribution in [2.24, 2.45) is 9.98 Å². The van der Waals surface area contributed by atoms with Crippen molar-refractivity contribution in [3.8, 4) is 0 Å². The van der Waals surface area contributed by atoms with Gasteiger partial charge in [-0.25, -0.2) is 9.98 Å². The predicted molar refractivity (Wildman–Crippen MR) is 137 cm³/mol. The van der Waals surface area contributed by atoms with Crippen molar-refractivity contribution in [2.45, 2.75) is 34.2 Å². The number of hydrogen-bond acceptors (Lipinski definition) is 4. The lowest BCUT2D eigenvalue weighted by Crippen LogP contribution is -2.50. The van der Waals surface area contributed by atoms with Crippen LogP contribution in [0.2, 0.25) is 0 Å². The Balaban J connectivity index is 1.59. The van der Waals surface area contributed by atoms with Crippen molar-refractivity contribution in [1.82, 2.24) is 19.6 Å². The smallest absolute Gasteiger partial charge is 0.254 e. The van der Waals surface area contributed by atoms with Gasteiger partial charge in [0, 0.05) is 76.4 Å². The van der Waals surface area contributed by atoms with E-state index in [9.17, 15) is 4.79 Å². The van der Waals surface area contributed by atoms with E-state index in [2.05, 4.69) is 56.0 Å². The number of carbonyl (C=O) groups is 1. The van der Waals surface area contributed by atoms with Gasteiger partial charge in [-0.3, -0.25) is 9.69 Å². The molecule has 1 aromatic rings. The molecule has 0 aromatic heterocycles. The monoisotopic (exact) mass is 450 g/mol. The minimum Gasteiger partial charge on any atom is -0.358 e. The van der Waals surface area contributed by atoms with Crippen LogP contribution >= 0.6 is 0 Å². The van der Waals surface area contributed by atoms with Gasteiger partial charge in [-0.2, -0.15) is 0 Å². The molecular formula is C26H38N6O. The minimum atomic E-state index is 0.129. The molecule has 7 nitrogen and oxygen atoms in total. The fourth-order valence-electron chi connectivity index (χ4n) is 4.45. The molecule has 2 fully saturated rings. The second-order valence-corrected chi connectivity index (χ2v) is 8.94. The van der Waals surface area contributed by atoms with Gasteiger partial charge < -0.3 is 14.7 Å². The molecule has 0 spiro atoms. The van der Waals surface area contributed by atoms with Gasteiger partial charge in [-0.05, 0) is 44.9 Å². The van der Waals surface area contributed by atoms with Crippen LogP contribution in [-0.2, 0) is 6.54 Å². The van der Waals surface area contributed by atoms with Crippen molar-refractivity contribution >= 4 is 17.6 Å². The first-order valence-electron chi connectivity index (χ1n) is 11.8. The number of allylic oxidation sites excluding steroid dienone is 1. The Morgan fingerprint density at radius 3 is 2.12 bits per heavy atom. The highest BCUT2D eigenvalue weighted by Crippen LogP contribution is 2.18. The van der Waals surface area contributed by atoms with Crippen LogP contribution in [0.4, 0.5) is 0 Å². The lowest BCUT2D eigenvalue weighted by molar-refractivity contribution is 0.0690. The lowest BCUT2D eigenvalue weighted by Gasteiger charge is -2.36. The van der Waals surface area contributed by atoms with Crippen LogP contribution in [0.5, 0.6) is 0 Å². The van der Waals surface area contributed by atoms with Crippen molar-refractivity contribution in [3.05, 3.63) is 59.9 Å². The lowest BCUT2D eigenvalue weighted by atomic mass is 10.0. The number of amides is 1. The van der Waals surface area contributed by atoms with Crippen molar-refractivity contribution in [2.75, 3.05) is 52.4 Å². The topological polar surface area (TPSA) is 54.8 Å². The summed E-state index contributed by atoms with van der Waals surface area (Å²) in [5, 5.41) is 0. The summed E-state index contributed by atoms with van der Waals surface area (Å²) in [6.45, 7) is 23.2. The molecule has 3 rings (SSSR count). The third kappa shape index (κ3) is 6.54. The van der Waals surface area contributed by atoms with E-state index in [1.54, 1.807) is 6.20 Å². The maximum Gasteiger partial charge on any atom is 0.254 e. The van der Waals surface area contributed by atoms with Crippen LogP contribution in [0.25, 0.3) is 0 Å². The molecule has 2 heterocycles. The average Bonchev–Trinajstić information content (AvgIpc) is 2.80. The molecule has 0 aliphatic carbocycles. The van der Waals surface area contributed by atoms with Crippen molar-refractivity contribution in [1.29, 1.82) is 0 Å². The Morgan fingerprint density at radius 2 is 1.52 bits per heavy atom. The third-order valence-electron chi connectivity index (χ3n) is 6.42. The summed E-state index contributed by atoms with van der Waals surface area (Å²) in [5.41, 5.74) is 3.85. The first kappa shape index (κ1) is 24.7. The second kappa shape index (κ2) is 11.3. The maximum absolute atomic E-state index is 13.3. The van der Waals surface area contributed by atoms with Crippen LogP contribution in [0.3, 0.4) is 0 Å². The van der Waals surface area contributed by atoms with E-state index in [4.69, 9.17) is 0 Å². The Kier molecular flexibility index (Phi) is 8.44. The van der Waals surface area contributed by atoms with Crippen LogP contribution in [0.1, 0.15) is 42.3 Å². The summed E-state index contributed by atoms with van der Waals surface area (Å²) in [6, 6.07) is 6.33. The molecule has 0 radical (unpaired) electrons. The number of rotatable bonds is 5. The van der Waals surface area contributed by atoms with E-state index in [0.29, 0.717) is 13.1 Å². The SMILES string of the molecule is C=CN=C(C)N1CCN(Cc2ccc(C)c(C(=O)N3CCN(C(C)=NC(=C)C)CC3)c2)CC1. The first-order chi connectivity index (χ1) is 15.8. The molecule has 33 heavy (non-hydrogen) atoms. The molecule has 1 amide bonds. The normalized spacial score (nSPS) is 18.5. The molecule has 7 heteroatoms. The molecule has 1 aromatic carbocycles. The van der Waals surface area contributed by atoms with Gasteiger partial charge in [-0.15, -0.1) is 0 Å². The van der Waals surface area contributed by atoms with Gasteiger partial charge in [0.15, 0.2) is 0 Å². The van der Waals surface area contributed by atoms with E-state index < -0.39 is 0 Å². The number of hydrogen-bond donors (Lipinski definition) is 0. The van der Waals surface area contributed by atoms with Gasteiger partial charge in [0.1, 0.15) is 11.7 Å².